The highest BCUT2D eigenvalue weighted by molar-refractivity contribution is 5.80. The molecule has 1 aliphatic rings. The Balaban J connectivity index is 1.82. The van der Waals surface area contributed by atoms with Crippen LogP contribution in [0.3, 0.4) is 0 Å². The topological polar surface area (TPSA) is 80.0 Å². The third-order valence-electron chi connectivity index (χ3n) is 5.56. The van der Waals surface area contributed by atoms with Crippen molar-refractivity contribution in [1.29, 1.82) is 0 Å². The van der Waals surface area contributed by atoms with E-state index in [-0.39, 0.29) is 12.3 Å². The van der Waals surface area contributed by atoms with Crippen LogP contribution in [0.4, 0.5) is 0 Å². The summed E-state index contributed by atoms with van der Waals surface area (Å²) in [5, 5.41) is 21.5. The lowest BCUT2D eigenvalue weighted by Crippen LogP contribution is -2.24. The molecule has 0 saturated heterocycles. The molecule has 2 aromatic carbocycles. The molecule has 1 atom stereocenters. The first kappa shape index (κ1) is 17.7. The molecule has 2 heterocycles. The second kappa shape index (κ2) is 7.12. The lowest BCUT2D eigenvalue weighted by atomic mass is 9.83. The van der Waals surface area contributed by atoms with E-state index < -0.39 is 5.97 Å². The first-order valence-electron chi connectivity index (χ1n) is 9.45. The van der Waals surface area contributed by atoms with Crippen LogP contribution < -0.4 is 5.32 Å². The number of benzene rings is 2. The summed E-state index contributed by atoms with van der Waals surface area (Å²) in [6.07, 6.45) is 1.07. The third kappa shape index (κ3) is 3.21. The summed E-state index contributed by atoms with van der Waals surface area (Å²) in [4.78, 5) is 11.6. The number of carboxylic acids is 1. The number of hydrogen-bond acceptors (Lipinski definition) is 4. The van der Waals surface area contributed by atoms with Crippen LogP contribution in [0.25, 0.3) is 11.0 Å². The highest BCUT2D eigenvalue weighted by atomic mass is 16.4. The number of carboxylic acid groups (broad SMARTS) is 1. The second-order valence-electron chi connectivity index (χ2n) is 7.16. The van der Waals surface area contributed by atoms with E-state index in [1.807, 2.05) is 30.7 Å². The molecule has 0 bridgehead atoms. The van der Waals surface area contributed by atoms with Crippen LogP contribution in [0.1, 0.15) is 47.1 Å². The van der Waals surface area contributed by atoms with Gasteiger partial charge in [-0.3, -0.25) is 4.79 Å². The zero-order valence-corrected chi connectivity index (χ0v) is 15.7. The zero-order valence-electron chi connectivity index (χ0n) is 15.7. The molecule has 0 spiro atoms. The van der Waals surface area contributed by atoms with E-state index in [1.165, 1.54) is 11.1 Å². The summed E-state index contributed by atoms with van der Waals surface area (Å²) in [5.41, 5.74) is 7.53. The van der Waals surface area contributed by atoms with Gasteiger partial charge >= 0.3 is 5.97 Å². The number of fused-ring (bicyclic) bond motifs is 2. The van der Waals surface area contributed by atoms with E-state index in [9.17, 15) is 9.90 Å². The third-order valence-corrected chi connectivity index (χ3v) is 5.56. The van der Waals surface area contributed by atoms with Crippen LogP contribution in [0.15, 0.2) is 30.3 Å². The molecule has 1 aliphatic heterocycles. The van der Waals surface area contributed by atoms with Crippen molar-refractivity contribution in [1.82, 2.24) is 20.3 Å². The van der Waals surface area contributed by atoms with Crippen molar-refractivity contribution in [3.8, 4) is 0 Å². The fourth-order valence-corrected chi connectivity index (χ4v) is 4.09. The van der Waals surface area contributed by atoms with Crippen molar-refractivity contribution in [3.63, 3.8) is 0 Å². The highest BCUT2D eigenvalue weighted by Crippen LogP contribution is 2.34. The molecule has 0 unspecified atom stereocenters. The smallest absolute Gasteiger partial charge is 0.304 e. The first-order chi connectivity index (χ1) is 13.1. The number of nitrogens with zero attached hydrogens (tertiary/aromatic N) is 3. The quantitative estimate of drug-likeness (QED) is 0.727. The minimum Gasteiger partial charge on any atom is -0.481 e. The van der Waals surface area contributed by atoms with E-state index in [0.717, 1.165) is 53.8 Å². The Kier molecular flexibility index (Phi) is 4.66. The van der Waals surface area contributed by atoms with Crippen LogP contribution in [-0.2, 0) is 24.3 Å². The van der Waals surface area contributed by atoms with E-state index >= 15 is 0 Å². The van der Waals surface area contributed by atoms with E-state index in [2.05, 4.69) is 33.8 Å². The van der Waals surface area contributed by atoms with Crippen molar-refractivity contribution in [2.24, 2.45) is 0 Å². The predicted octanol–water partition coefficient (Wildman–Crippen LogP) is 3.01. The predicted molar refractivity (Wildman–Crippen MR) is 104 cm³/mol. The minimum absolute atomic E-state index is 0.0560. The first-order valence-corrected chi connectivity index (χ1v) is 9.45. The average Bonchev–Trinajstić information content (AvgIpc) is 3.10. The molecule has 6 nitrogen and oxygen atoms in total. The Hall–Kier alpha value is -2.73. The molecular formula is C21H24N4O2. The standard InChI is InChI=1S/C21H24N4O2/c1-3-25-19-7-6-17(13(2)21(19)23-24-25)18(11-20(26)27)15-5-4-14-8-9-22-12-16(14)10-15/h4-7,10,18,22H,3,8-9,11-12H2,1-2H3,(H,26,27)/t18-/m0/s1. The van der Waals surface area contributed by atoms with Gasteiger partial charge in [-0.05, 0) is 60.7 Å². The van der Waals surface area contributed by atoms with Gasteiger partial charge in [0.15, 0.2) is 0 Å². The lowest BCUT2D eigenvalue weighted by Gasteiger charge is -2.23. The molecule has 4 rings (SSSR count). The van der Waals surface area contributed by atoms with Crippen molar-refractivity contribution in [2.75, 3.05) is 6.54 Å². The second-order valence-corrected chi connectivity index (χ2v) is 7.16. The maximum absolute atomic E-state index is 11.6. The Morgan fingerprint density at radius 2 is 2.15 bits per heavy atom. The molecular weight excluding hydrogens is 340 g/mol. The highest BCUT2D eigenvalue weighted by Gasteiger charge is 2.23. The Bertz CT molecular complexity index is 1010. The molecule has 0 aliphatic carbocycles. The number of nitrogens with one attached hydrogen (secondary N) is 1. The van der Waals surface area contributed by atoms with Crippen LogP contribution in [-0.4, -0.2) is 32.6 Å². The van der Waals surface area contributed by atoms with Gasteiger partial charge in [-0.1, -0.05) is 29.5 Å². The number of carbonyl (C=O) groups is 1. The molecule has 1 aromatic heterocycles. The molecule has 27 heavy (non-hydrogen) atoms. The van der Waals surface area contributed by atoms with Crippen LogP contribution >= 0.6 is 0 Å². The summed E-state index contributed by atoms with van der Waals surface area (Å²) in [6.45, 7) is 6.64. The van der Waals surface area contributed by atoms with Crippen LogP contribution in [0, 0.1) is 6.92 Å². The van der Waals surface area contributed by atoms with Crippen molar-refractivity contribution in [2.45, 2.75) is 45.7 Å². The average molecular weight is 364 g/mol. The van der Waals surface area contributed by atoms with Gasteiger partial charge < -0.3 is 10.4 Å². The Morgan fingerprint density at radius 1 is 1.30 bits per heavy atom. The maximum atomic E-state index is 11.6. The molecule has 0 radical (unpaired) electrons. The summed E-state index contributed by atoms with van der Waals surface area (Å²) in [5.74, 6) is -1.00. The van der Waals surface area contributed by atoms with Crippen LogP contribution in [0.5, 0.6) is 0 Å². The van der Waals surface area contributed by atoms with Crippen molar-refractivity contribution < 1.29 is 9.90 Å². The van der Waals surface area contributed by atoms with Gasteiger partial charge in [0.25, 0.3) is 0 Å². The fraction of sp³-hybridized carbons (Fsp3) is 0.381. The number of rotatable bonds is 5. The van der Waals surface area contributed by atoms with Gasteiger partial charge in [-0.25, -0.2) is 4.68 Å². The van der Waals surface area contributed by atoms with Crippen LogP contribution in [0.2, 0.25) is 0 Å². The van der Waals surface area contributed by atoms with Gasteiger partial charge in [-0.2, -0.15) is 0 Å². The molecule has 6 heteroatoms. The SMILES string of the molecule is CCn1nnc2c(C)c([C@@H](CC(=O)O)c3ccc4c(c3)CNCC4)ccc21. The monoisotopic (exact) mass is 364 g/mol. The number of aryl methyl sites for hydroxylation is 2. The van der Waals surface area contributed by atoms with Gasteiger partial charge in [0, 0.05) is 19.0 Å². The lowest BCUT2D eigenvalue weighted by molar-refractivity contribution is -0.137. The Labute approximate surface area is 158 Å². The van der Waals surface area contributed by atoms with E-state index in [1.54, 1.807) is 0 Å². The van der Waals surface area contributed by atoms with Gasteiger partial charge in [0.05, 0.1) is 11.9 Å². The molecule has 0 saturated carbocycles. The molecule has 2 N–H and O–H groups in total. The summed E-state index contributed by atoms with van der Waals surface area (Å²) in [7, 11) is 0. The number of hydrogen-bond donors (Lipinski definition) is 2. The minimum atomic E-state index is -0.799. The molecule has 0 amide bonds. The van der Waals surface area contributed by atoms with Gasteiger partial charge in [0.1, 0.15) is 5.52 Å². The molecule has 140 valence electrons. The zero-order chi connectivity index (χ0) is 19.0. The molecule has 3 aromatic rings. The summed E-state index contributed by atoms with van der Waals surface area (Å²) < 4.78 is 1.86. The molecule has 0 fully saturated rings. The summed E-state index contributed by atoms with van der Waals surface area (Å²) in [6, 6.07) is 10.5. The fourth-order valence-electron chi connectivity index (χ4n) is 4.09. The van der Waals surface area contributed by atoms with Crippen molar-refractivity contribution >= 4 is 17.0 Å². The number of aliphatic carboxylic acids is 1. The van der Waals surface area contributed by atoms with E-state index in [4.69, 9.17) is 0 Å². The maximum Gasteiger partial charge on any atom is 0.304 e. The normalized spacial score (nSPS) is 14.9. The van der Waals surface area contributed by atoms with E-state index in [0.29, 0.717) is 0 Å². The Morgan fingerprint density at radius 3 is 2.93 bits per heavy atom. The number of aromatic nitrogens is 3. The van der Waals surface area contributed by atoms with Crippen molar-refractivity contribution in [3.05, 3.63) is 58.1 Å². The van der Waals surface area contributed by atoms with Gasteiger partial charge in [0.2, 0.25) is 0 Å². The summed E-state index contributed by atoms with van der Waals surface area (Å²) >= 11 is 0. The van der Waals surface area contributed by atoms with Gasteiger partial charge in [-0.15, -0.1) is 5.10 Å². The largest absolute Gasteiger partial charge is 0.481 e.